The van der Waals surface area contributed by atoms with E-state index in [2.05, 4.69) is 23.3 Å². The van der Waals surface area contributed by atoms with E-state index < -0.39 is 0 Å². The molecule has 4 nitrogen and oxygen atoms in total. The van der Waals surface area contributed by atoms with Gasteiger partial charge in [-0.1, -0.05) is 6.92 Å². The molecular weight excluding hydrogens is 264 g/mol. The summed E-state index contributed by atoms with van der Waals surface area (Å²) in [6, 6.07) is 2.02. The molecule has 0 aromatic carbocycles. The van der Waals surface area contributed by atoms with Crippen LogP contribution in [0, 0.1) is 19.8 Å². The van der Waals surface area contributed by atoms with Crippen LogP contribution in [0.1, 0.15) is 48.4 Å². The van der Waals surface area contributed by atoms with Gasteiger partial charge in [0.25, 0.3) is 0 Å². The van der Waals surface area contributed by atoms with Gasteiger partial charge in [0.1, 0.15) is 0 Å². The predicted molar refractivity (Wildman–Crippen MR) is 84.8 cm³/mol. The summed E-state index contributed by atoms with van der Waals surface area (Å²) in [6.45, 7) is 11.3. The van der Waals surface area contributed by atoms with E-state index >= 15 is 0 Å². The first kappa shape index (κ1) is 16.2. The molecule has 0 radical (unpaired) electrons. The molecule has 0 aliphatic carbocycles. The molecule has 1 saturated heterocycles. The van der Waals surface area contributed by atoms with Gasteiger partial charge in [0, 0.05) is 30.0 Å². The first-order valence-corrected chi connectivity index (χ1v) is 8.04. The number of ketones is 1. The lowest BCUT2D eigenvalue weighted by atomic mass is 10.0. The van der Waals surface area contributed by atoms with E-state index in [0.717, 1.165) is 43.7 Å². The molecule has 1 aliphatic heterocycles. The van der Waals surface area contributed by atoms with Gasteiger partial charge in [-0.15, -0.1) is 0 Å². The van der Waals surface area contributed by atoms with E-state index in [-0.39, 0.29) is 11.9 Å². The Bertz CT molecular complexity index is 505. The van der Waals surface area contributed by atoms with Crippen LogP contribution in [-0.2, 0) is 6.54 Å². The van der Waals surface area contributed by atoms with Crippen molar-refractivity contribution in [2.24, 2.45) is 5.92 Å². The van der Waals surface area contributed by atoms with Gasteiger partial charge in [0.15, 0.2) is 5.78 Å². The molecular formula is C17H28N2O2. The highest BCUT2D eigenvalue weighted by Gasteiger charge is 2.28. The minimum Gasteiger partial charge on any atom is -0.393 e. The van der Waals surface area contributed by atoms with Crippen molar-refractivity contribution in [1.82, 2.24) is 9.47 Å². The number of carbonyl (C=O) groups excluding carboxylic acids is 1. The SMILES string of the molecule is CCCn1c(C)cc(C(=O)CN2CCC(C(C)O)C2)c1C. The monoisotopic (exact) mass is 292 g/mol. The highest BCUT2D eigenvalue weighted by atomic mass is 16.3. The van der Waals surface area contributed by atoms with Gasteiger partial charge in [0.05, 0.1) is 12.6 Å². The van der Waals surface area contributed by atoms with E-state index in [9.17, 15) is 9.90 Å². The van der Waals surface area contributed by atoms with Crippen LogP contribution >= 0.6 is 0 Å². The van der Waals surface area contributed by atoms with Gasteiger partial charge >= 0.3 is 0 Å². The van der Waals surface area contributed by atoms with Crippen molar-refractivity contribution in [3.05, 3.63) is 23.0 Å². The minimum atomic E-state index is -0.278. The summed E-state index contributed by atoms with van der Waals surface area (Å²) in [5.41, 5.74) is 3.12. The van der Waals surface area contributed by atoms with Crippen LogP contribution in [0.2, 0.25) is 0 Å². The molecule has 21 heavy (non-hydrogen) atoms. The van der Waals surface area contributed by atoms with Crippen LogP contribution in [0.5, 0.6) is 0 Å². The lowest BCUT2D eigenvalue weighted by molar-refractivity contribution is 0.0925. The Morgan fingerprint density at radius 2 is 2.19 bits per heavy atom. The lowest BCUT2D eigenvalue weighted by Gasteiger charge is -2.16. The highest BCUT2D eigenvalue weighted by molar-refractivity contribution is 5.99. The Labute approximate surface area is 127 Å². The first-order chi connectivity index (χ1) is 9.93. The number of nitrogens with zero attached hydrogens (tertiary/aromatic N) is 2. The third kappa shape index (κ3) is 3.55. The number of likely N-dealkylation sites (tertiary alicyclic amines) is 1. The van der Waals surface area contributed by atoms with Crippen molar-refractivity contribution in [2.75, 3.05) is 19.6 Å². The molecule has 1 fully saturated rings. The minimum absolute atomic E-state index is 0.205. The molecule has 2 heterocycles. The van der Waals surface area contributed by atoms with Gasteiger partial charge < -0.3 is 9.67 Å². The average molecular weight is 292 g/mol. The fraction of sp³-hybridized carbons (Fsp3) is 0.706. The molecule has 2 rings (SSSR count). The maximum atomic E-state index is 12.6. The molecule has 1 N–H and O–H groups in total. The summed E-state index contributed by atoms with van der Waals surface area (Å²) in [4.78, 5) is 14.7. The molecule has 1 aromatic rings. The van der Waals surface area contributed by atoms with E-state index in [1.165, 1.54) is 5.69 Å². The fourth-order valence-electron chi connectivity index (χ4n) is 3.34. The van der Waals surface area contributed by atoms with Gasteiger partial charge in [-0.05, 0) is 52.1 Å². The number of aryl methyl sites for hydroxylation is 1. The molecule has 0 amide bonds. The topological polar surface area (TPSA) is 45.5 Å². The number of Topliss-reactive ketones (excluding diaryl/α,β-unsaturated/α-hetero) is 1. The van der Waals surface area contributed by atoms with Crippen molar-refractivity contribution >= 4 is 5.78 Å². The Hall–Kier alpha value is -1.13. The Morgan fingerprint density at radius 1 is 1.48 bits per heavy atom. The number of hydrogen-bond donors (Lipinski definition) is 1. The largest absolute Gasteiger partial charge is 0.393 e. The smallest absolute Gasteiger partial charge is 0.178 e. The molecule has 1 aliphatic rings. The third-order valence-corrected chi connectivity index (χ3v) is 4.68. The van der Waals surface area contributed by atoms with Crippen molar-refractivity contribution in [1.29, 1.82) is 0 Å². The van der Waals surface area contributed by atoms with Gasteiger partial charge in [-0.3, -0.25) is 9.69 Å². The molecule has 4 heteroatoms. The van der Waals surface area contributed by atoms with E-state index in [1.807, 2.05) is 19.9 Å². The number of carbonyl (C=O) groups is 1. The predicted octanol–water partition coefficient (Wildman–Crippen LogP) is 2.40. The van der Waals surface area contributed by atoms with Crippen LogP contribution in [0.25, 0.3) is 0 Å². The molecule has 0 bridgehead atoms. The van der Waals surface area contributed by atoms with E-state index in [1.54, 1.807) is 0 Å². The second-order valence-corrected chi connectivity index (χ2v) is 6.38. The zero-order valence-corrected chi connectivity index (χ0v) is 13.7. The van der Waals surface area contributed by atoms with Crippen LogP contribution in [-0.4, -0.2) is 46.1 Å². The Morgan fingerprint density at radius 3 is 2.76 bits per heavy atom. The van der Waals surface area contributed by atoms with Crippen LogP contribution in [0.15, 0.2) is 6.07 Å². The third-order valence-electron chi connectivity index (χ3n) is 4.68. The normalized spacial score (nSPS) is 20.9. The second-order valence-electron chi connectivity index (χ2n) is 6.38. The quantitative estimate of drug-likeness (QED) is 0.819. The van der Waals surface area contributed by atoms with Crippen molar-refractivity contribution in [3.63, 3.8) is 0 Å². The Kier molecular flexibility index (Phi) is 5.22. The molecule has 2 atom stereocenters. The first-order valence-electron chi connectivity index (χ1n) is 8.04. The molecule has 0 saturated carbocycles. The second kappa shape index (κ2) is 6.75. The van der Waals surface area contributed by atoms with Crippen LogP contribution < -0.4 is 0 Å². The standard InChI is InChI=1S/C17H28N2O2/c1-5-7-19-12(2)9-16(13(19)3)17(21)11-18-8-6-15(10-18)14(4)20/h9,14-15,20H,5-8,10-11H2,1-4H3. The van der Waals surface area contributed by atoms with Gasteiger partial charge in [-0.2, -0.15) is 0 Å². The summed E-state index contributed by atoms with van der Waals surface area (Å²) in [5, 5.41) is 9.65. The van der Waals surface area contributed by atoms with Crippen LogP contribution in [0.4, 0.5) is 0 Å². The molecule has 2 unspecified atom stereocenters. The summed E-state index contributed by atoms with van der Waals surface area (Å²) < 4.78 is 2.23. The zero-order valence-electron chi connectivity index (χ0n) is 13.7. The zero-order chi connectivity index (χ0) is 15.6. The summed E-state index contributed by atoms with van der Waals surface area (Å²) in [6.07, 6.45) is 1.78. The fourth-order valence-corrected chi connectivity index (χ4v) is 3.34. The van der Waals surface area contributed by atoms with Crippen LogP contribution in [0.3, 0.4) is 0 Å². The number of aliphatic hydroxyl groups excluding tert-OH is 1. The number of hydrogen-bond acceptors (Lipinski definition) is 3. The van der Waals surface area contributed by atoms with Crippen molar-refractivity contribution < 1.29 is 9.90 Å². The Balaban J connectivity index is 2.03. The number of rotatable bonds is 6. The van der Waals surface area contributed by atoms with Crippen molar-refractivity contribution in [3.8, 4) is 0 Å². The highest BCUT2D eigenvalue weighted by Crippen LogP contribution is 2.21. The maximum absolute atomic E-state index is 12.6. The molecule has 1 aromatic heterocycles. The van der Waals surface area contributed by atoms with Gasteiger partial charge in [0.2, 0.25) is 0 Å². The number of aliphatic hydroxyl groups is 1. The summed E-state index contributed by atoms with van der Waals surface area (Å²) in [7, 11) is 0. The van der Waals surface area contributed by atoms with E-state index in [0.29, 0.717) is 12.5 Å². The summed E-state index contributed by atoms with van der Waals surface area (Å²) in [5.74, 6) is 0.516. The molecule has 118 valence electrons. The maximum Gasteiger partial charge on any atom is 0.178 e. The number of aromatic nitrogens is 1. The van der Waals surface area contributed by atoms with Crippen molar-refractivity contribution in [2.45, 2.75) is 53.2 Å². The molecule has 0 spiro atoms. The average Bonchev–Trinajstić information content (AvgIpc) is 2.99. The summed E-state index contributed by atoms with van der Waals surface area (Å²) >= 11 is 0. The lowest BCUT2D eigenvalue weighted by Crippen LogP contribution is -2.29. The van der Waals surface area contributed by atoms with E-state index in [4.69, 9.17) is 0 Å². The van der Waals surface area contributed by atoms with Gasteiger partial charge in [-0.25, -0.2) is 0 Å².